The summed E-state index contributed by atoms with van der Waals surface area (Å²) in [6.07, 6.45) is 0.607. The van der Waals surface area contributed by atoms with Crippen molar-refractivity contribution in [2.45, 2.75) is 19.4 Å². The first kappa shape index (κ1) is 12.8. The molecule has 0 unspecified atom stereocenters. The zero-order chi connectivity index (χ0) is 12.0. The van der Waals surface area contributed by atoms with Crippen LogP contribution in [0.25, 0.3) is 0 Å². The summed E-state index contributed by atoms with van der Waals surface area (Å²) in [6, 6.07) is 5.43. The standard InChI is InChI=1S/C12H19NO3/c1-9(13)12-10(15-2)5-3-6-11(12)16-8-4-7-14/h3,5-6,9,14H,4,7-8,13H2,1-2H3/t9-/m1/s1. The molecule has 1 atom stereocenters. The van der Waals surface area contributed by atoms with E-state index in [2.05, 4.69) is 0 Å². The number of hydrogen-bond donors (Lipinski definition) is 2. The van der Waals surface area contributed by atoms with Crippen molar-refractivity contribution in [2.24, 2.45) is 5.73 Å². The van der Waals surface area contributed by atoms with Crippen LogP contribution < -0.4 is 15.2 Å². The summed E-state index contributed by atoms with van der Waals surface area (Å²) < 4.78 is 10.8. The van der Waals surface area contributed by atoms with Crippen molar-refractivity contribution in [1.82, 2.24) is 0 Å². The second kappa shape index (κ2) is 6.35. The van der Waals surface area contributed by atoms with Crippen LogP contribution in [0.15, 0.2) is 18.2 Å². The molecule has 0 aliphatic rings. The third-order valence-corrected chi connectivity index (χ3v) is 2.26. The summed E-state index contributed by atoms with van der Waals surface area (Å²) in [6.45, 7) is 2.48. The summed E-state index contributed by atoms with van der Waals surface area (Å²) in [7, 11) is 1.61. The minimum atomic E-state index is -0.153. The first-order valence-corrected chi connectivity index (χ1v) is 5.36. The molecule has 1 aromatic carbocycles. The maximum atomic E-state index is 8.69. The van der Waals surface area contributed by atoms with Gasteiger partial charge in [-0.3, -0.25) is 0 Å². The van der Waals surface area contributed by atoms with E-state index >= 15 is 0 Å². The van der Waals surface area contributed by atoms with Crippen LogP contribution in [-0.2, 0) is 0 Å². The molecule has 0 spiro atoms. The van der Waals surface area contributed by atoms with Crippen molar-refractivity contribution in [3.05, 3.63) is 23.8 Å². The number of hydrogen-bond acceptors (Lipinski definition) is 4. The molecule has 0 aliphatic carbocycles. The molecule has 0 bridgehead atoms. The Labute approximate surface area is 96.0 Å². The van der Waals surface area contributed by atoms with E-state index in [0.29, 0.717) is 13.0 Å². The van der Waals surface area contributed by atoms with Gasteiger partial charge in [0.15, 0.2) is 0 Å². The summed E-state index contributed by atoms with van der Waals surface area (Å²) in [5, 5.41) is 8.69. The van der Waals surface area contributed by atoms with Gasteiger partial charge >= 0.3 is 0 Å². The monoisotopic (exact) mass is 225 g/mol. The predicted octanol–water partition coefficient (Wildman–Crippen LogP) is 1.48. The third-order valence-electron chi connectivity index (χ3n) is 2.26. The Morgan fingerprint density at radius 1 is 1.38 bits per heavy atom. The lowest BCUT2D eigenvalue weighted by Crippen LogP contribution is -2.10. The smallest absolute Gasteiger partial charge is 0.127 e. The van der Waals surface area contributed by atoms with Gasteiger partial charge in [0, 0.05) is 19.1 Å². The van der Waals surface area contributed by atoms with Crippen molar-refractivity contribution in [1.29, 1.82) is 0 Å². The summed E-state index contributed by atoms with van der Waals surface area (Å²) in [4.78, 5) is 0. The van der Waals surface area contributed by atoms with Crippen LogP contribution >= 0.6 is 0 Å². The van der Waals surface area contributed by atoms with Gasteiger partial charge in [-0.05, 0) is 19.1 Å². The largest absolute Gasteiger partial charge is 0.496 e. The van der Waals surface area contributed by atoms with Gasteiger partial charge in [-0.1, -0.05) is 6.07 Å². The lowest BCUT2D eigenvalue weighted by molar-refractivity contribution is 0.231. The molecule has 0 amide bonds. The van der Waals surface area contributed by atoms with Crippen LogP contribution in [0.5, 0.6) is 11.5 Å². The van der Waals surface area contributed by atoms with E-state index < -0.39 is 0 Å². The Morgan fingerprint density at radius 3 is 2.62 bits per heavy atom. The first-order valence-electron chi connectivity index (χ1n) is 5.36. The number of rotatable bonds is 6. The first-order chi connectivity index (χ1) is 7.70. The normalized spacial score (nSPS) is 12.2. The molecule has 90 valence electrons. The third kappa shape index (κ3) is 3.12. The maximum Gasteiger partial charge on any atom is 0.127 e. The molecule has 4 heteroatoms. The number of aliphatic hydroxyl groups excluding tert-OH is 1. The Hall–Kier alpha value is -1.26. The van der Waals surface area contributed by atoms with Crippen molar-refractivity contribution < 1.29 is 14.6 Å². The molecule has 0 saturated heterocycles. The lowest BCUT2D eigenvalue weighted by Gasteiger charge is -2.17. The highest BCUT2D eigenvalue weighted by Crippen LogP contribution is 2.32. The van der Waals surface area contributed by atoms with Crippen molar-refractivity contribution in [3.63, 3.8) is 0 Å². The average molecular weight is 225 g/mol. The molecule has 0 fully saturated rings. The topological polar surface area (TPSA) is 64.7 Å². The van der Waals surface area contributed by atoms with E-state index in [-0.39, 0.29) is 12.6 Å². The highest BCUT2D eigenvalue weighted by atomic mass is 16.5. The molecule has 0 aromatic heterocycles. The van der Waals surface area contributed by atoms with Gasteiger partial charge in [0.2, 0.25) is 0 Å². The van der Waals surface area contributed by atoms with Gasteiger partial charge in [-0.15, -0.1) is 0 Å². The molecule has 4 nitrogen and oxygen atoms in total. The van der Waals surface area contributed by atoms with Crippen LogP contribution in [0.4, 0.5) is 0 Å². The quantitative estimate of drug-likeness (QED) is 0.720. The molecule has 0 aliphatic heterocycles. The zero-order valence-corrected chi connectivity index (χ0v) is 9.77. The van der Waals surface area contributed by atoms with Gasteiger partial charge < -0.3 is 20.3 Å². The Kier molecular flexibility index (Phi) is 5.08. The van der Waals surface area contributed by atoms with Gasteiger partial charge in [0.1, 0.15) is 11.5 Å². The average Bonchev–Trinajstić information content (AvgIpc) is 2.28. The highest BCUT2D eigenvalue weighted by molar-refractivity contribution is 5.46. The van der Waals surface area contributed by atoms with Crippen molar-refractivity contribution in [3.8, 4) is 11.5 Å². The van der Waals surface area contributed by atoms with E-state index in [1.54, 1.807) is 7.11 Å². The summed E-state index contributed by atoms with van der Waals surface area (Å²) in [5.74, 6) is 1.46. The Morgan fingerprint density at radius 2 is 2.06 bits per heavy atom. The molecular formula is C12H19NO3. The number of ether oxygens (including phenoxy) is 2. The predicted molar refractivity (Wildman–Crippen MR) is 62.8 cm³/mol. The minimum Gasteiger partial charge on any atom is -0.496 e. The molecule has 1 rings (SSSR count). The van der Waals surface area contributed by atoms with Crippen LogP contribution in [0, 0.1) is 0 Å². The summed E-state index contributed by atoms with van der Waals surface area (Å²) >= 11 is 0. The van der Waals surface area contributed by atoms with Crippen molar-refractivity contribution in [2.75, 3.05) is 20.3 Å². The maximum absolute atomic E-state index is 8.69. The molecule has 3 N–H and O–H groups in total. The number of methoxy groups -OCH3 is 1. The van der Waals surface area contributed by atoms with Crippen molar-refractivity contribution >= 4 is 0 Å². The van der Waals surface area contributed by atoms with E-state index in [4.69, 9.17) is 20.3 Å². The second-order valence-corrected chi connectivity index (χ2v) is 3.59. The van der Waals surface area contributed by atoms with Crippen LogP contribution in [0.3, 0.4) is 0 Å². The lowest BCUT2D eigenvalue weighted by atomic mass is 10.1. The van der Waals surface area contributed by atoms with Gasteiger partial charge in [0.05, 0.1) is 19.3 Å². The SMILES string of the molecule is COc1cccc(OCCCO)c1[C@@H](C)N. The van der Waals surface area contributed by atoms with Crippen LogP contribution in [0.1, 0.15) is 24.9 Å². The second-order valence-electron chi connectivity index (χ2n) is 3.59. The molecule has 0 radical (unpaired) electrons. The van der Waals surface area contributed by atoms with Gasteiger partial charge in [-0.25, -0.2) is 0 Å². The fourth-order valence-electron chi connectivity index (χ4n) is 1.52. The Balaban J connectivity index is 2.89. The van der Waals surface area contributed by atoms with E-state index in [1.807, 2.05) is 25.1 Å². The molecule has 16 heavy (non-hydrogen) atoms. The van der Waals surface area contributed by atoms with Gasteiger partial charge in [0.25, 0.3) is 0 Å². The van der Waals surface area contributed by atoms with Gasteiger partial charge in [-0.2, -0.15) is 0 Å². The van der Waals surface area contributed by atoms with Crippen LogP contribution in [0.2, 0.25) is 0 Å². The number of aliphatic hydroxyl groups is 1. The van der Waals surface area contributed by atoms with E-state index in [0.717, 1.165) is 17.1 Å². The minimum absolute atomic E-state index is 0.123. The summed E-state index contributed by atoms with van der Waals surface area (Å²) in [5.41, 5.74) is 6.75. The molecule has 0 saturated carbocycles. The van der Waals surface area contributed by atoms with Crippen LogP contribution in [-0.4, -0.2) is 25.4 Å². The fraction of sp³-hybridized carbons (Fsp3) is 0.500. The Bertz CT molecular complexity index is 326. The number of nitrogens with two attached hydrogens (primary N) is 1. The fourth-order valence-corrected chi connectivity index (χ4v) is 1.52. The van der Waals surface area contributed by atoms with E-state index in [9.17, 15) is 0 Å². The number of benzene rings is 1. The molecule has 0 heterocycles. The molecular weight excluding hydrogens is 206 g/mol. The van der Waals surface area contributed by atoms with E-state index in [1.165, 1.54) is 0 Å². The molecule has 1 aromatic rings. The highest BCUT2D eigenvalue weighted by Gasteiger charge is 2.13. The zero-order valence-electron chi connectivity index (χ0n) is 9.77.